The van der Waals surface area contributed by atoms with Crippen LogP contribution in [0, 0.1) is 0 Å². The van der Waals surface area contributed by atoms with Crippen molar-refractivity contribution in [1.82, 2.24) is 10.3 Å². The third-order valence-corrected chi connectivity index (χ3v) is 1.90. The molecule has 1 rings (SSSR count). The van der Waals surface area contributed by atoms with Gasteiger partial charge in [0.2, 0.25) is 11.5 Å². The molecule has 4 heteroatoms. The average molecular weight is 224 g/mol. The van der Waals surface area contributed by atoms with E-state index in [1.807, 2.05) is 26.8 Å². The molecular formula is C12H20N2O2. The topological polar surface area (TPSA) is 62.0 Å². The highest BCUT2D eigenvalue weighted by atomic mass is 16.1. The summed E-state index contributed by atoms with van der Waals surface area (Å²) in [6.07, 6.45) is 2.80. The van der Waals surface area contributed by atoms with E-state index in [0.29, 0.717) is 19.4 Å². The maximum atomic E-state index is 10.9. The second-order valence-electron chi connectivity index (χ2n) is 3.01. The van der Waals surface area contributed by atoms with E-state index in [1.165, 1.54) is 6.07 Å². The SMILES string of the molecule is CC.CCC(=O)NCCc1cc[nH]c(=O)c1. The van der Waals surface area contributed by atoms with Crippen molar-refractivity contribution in [3.63, 3.8) is 0 Å². The molecule has 0 saturated carbocycles. The molecule has 0 aliphatic carbocycles. The lowest BCUT2D eigenvalue weighted by Crippen LogP contribution is -2.24. The zero-order valence-electron chi connectivity index (χ0n) is 10.2. The fraction of sp³-hybridized carbons (Fsp3) is 0.500. The lowest BCUT2D eigenvalue weighted by molar-refractivity contribution is -0.120. The summed E-state index contributed by atoms with van der Waals surface area (Å²) in [5, 5.41) is 2.75. The molecule has 0 atom stereocenters. The predicted octanol–water partition coefficient (Wildman–Crippen LogP) is 1.47. The predicted molar refractivity (Wildman–Crippen MR) is 65.4 cm³/mol. The van der Waals surface area contributed by atoms with Crippen LogP contribution in [0.25, 0.3) is 0 Å². The molecule has 0 aliphatic heterocycles. The van der Waals surface area contributed by atoms with Gasteiger partial charge in [-0.1, -0.05) is 20.8 Å². The first-order chi connectivity index (χ1) is 7.72. The second kappa shape index (κ2) is 8.71. The molecular weight excluding hydrogens is 204 g/mol. The molecule has 0 spiro atoms. The van der Waals surface area contributed by atoms with Gasteiger partial charge < -0.3 is 10.3 Å². The van der Waals surface area contributed by atoms with E-state index < -0.39 is 0 Å². The molecule has 1 amide bonds. The zero-order valence-corrected chi connectivity index (χ0v) is 10.2. The number of aromatic nitrogens is 1. The quantitative estimate of drug-likeness (QED) is 0.813. The lowest BCUT2D eigenvalue weighted by Gasteiger charge is -2.02. The molecule has 1 aromatic rings. The smallest absolute Gasteiger partial charge is 0.248 e. The van der Waals surface area contributed by atoms with Gasteiger partial charge in [0.05, 0.1) is 0 Å². The Morgan fingerprint density at radius 3 is 2.69 bits per heavy atom. The van der Waals surface area contributed by atoms with E-state index >= 15 is 0 Å². The third-order valence-electron chi connectivity index (χ3n) is 1.90. The van der Waals surface area contributed by atoms with Crippen LogP contribution in [0.3, 0.4) is 0 Å². The number of rotatable bonds is 4. The summed E-state index contributed by atoms with van der Waals surface area (Å²) in [5.41, 5.74) is 0.828. The molecule has 90 valence electrons. The zero-order chi connectivity index (χ0) is 12.4. The summed E-state index contributed by atoms with van der Waals surface area (Å²) >= 11 is 0. The van der Waals surface area contributed by atoms with Crippen LogP contribution >= 0.6 is 0 Å². The van der Waals surface area contributed by atoms with E-state index in [9.17, 15) is 9.59 Å². The first-order valence-corrected chi connectivity index (χ1v) is 5.66. The van der Waals surface area contributed by atoms with Crippen molar-refractivity contribution in [2.24, 2.45) is 0 Å². The van der Waals surface area contributed by atoms with E-state index in [0.717, 1.165) is 5.56 Å². The maximum Gasteiger partial charge on any atom is 0.248 e. The molecule has 2 N–H and O–H groups in total. The van der Waals surface area contributed by atoms with Crippen LogP contribution in [-0.4, -0.2) is 17.4 Å². The van der Waals surface area contributed by atoms with Gasteiger partial charge in [0.15, 0.2) is 0 Å². The van der Waals surface area contributed by atoms with Gasteiger partial charge in [-0.15, -0.1) is 0 Å². The van der Waals surface area contributed by atoms with Gasteiger partial charge in [-0.25, -0.2) is 0 Å². The Kier molecular flexibility index (Phi) is 7.85. The molecule has 0 unspecified atom stereocenters. The number of amides is 1. The molecule has 16 heavy (non-hydrogen) atoms. The Morgan fingerprint density at radius 2 is 2.12 bits per heavy atom. The molecule has 1 aromatic heterocycles. The summed E-state index contributed by atoms with van der Waals surface area (Å²) in [6.45, 7) is 6.39. The summed E-state index contributed by atoms with van der Waals surface area (Å²) in [7, 11) is 0. The van der Waals surface area contributed by atoms with Crippen LogP contribution in [0.2, 0.25) is 0 Å². The third kappa shape index (κ3) is 6.01. The van der Waals surface area contributed by atoms with Crippen LogP contribution < -0.4 is 10.9 Å². The molecule has 0 aromatic carbocycles. The van der Waals surface area contributed by atoms with Crippen LogP contribution in [0.15, 0.2) is 23.1 Å². The molecule has 0 radical (unpaired) electrons. The minimum atomic E-state index is -0.107. The highest BCUT2D eigenvalue weighted by Crippen LogP contribution is 1.93. The Morgan fingerprint density at radius 1 is 1.44 bits per heavy atom. The molecule has 0 saturated heterocycles. The fourth-order valence-electron chi connectivity index (χ4n) is 1.12. The van der Waals surface area contributed by atoms with Crippen molar-refractivity contribution < 1.29 is 4.79 Å². The Hall–Kier alpha value is -1.58. The van der Waals surface area contributed by atoms with Crippen LogP contribution in [0.1, 0.15) is 32.8 Å². The molecule has 0 aliphatic rings. The number of nitrogens with one attached hydrogen (secondary N) is 2. The van der Waals surface area contributed by atoms with Crippen LogP contribution in [0.4, 0.5) is 0 Å². The highest BCUT2D eigenvalue weighted by molar-refractivity contribution is 5.75. The van der Waals surface area contributed by atoms with Crippen LogP contribution in [0.5, 0.6) is 0 Å². The molecule has 1 heterocycles. The van der Waals surface area contributed by atoms with Crippen molar-refractivity contribution in [2.75, 3.05) is 6.54 Å². The Bertz CT molecular complexity index is 358. The van der Waals surface area contributed by atoms with Crippen molar-refractivity contribution in [3.05, 3.63) is 34.2 Å². The van der Waals surface area contributed by atoms with E-state index in [2.05, 4.69) is 10.3 Å². The van der Waals surface area contributed by atoms with Gasteiger partial charge in [-0.05, 0) is 18.1 Å². The van der Waals surface area contributed by atoms with Gasteiger partial charge >= 0.3 is 0 Å². The van der Waals surface area contributed by atoms with E-state index in [4.69, 9.17) is 0 Å². The first-order valence-electron chi connectivity index (χ1n) is 5.66. The fourth-order valence-corrected chi connectivity index (χ4v) is 1.12. The van der Waals surface area contributed by atoms with Gasteiger partial charge in [0, 0.05) is 25.2 Å². The van der Waals surface area contributed by atoms with Crippen molar-refractivity contribution in [3.8, 4) is 0 Å². The number of hydrogen-bond donors (Lipinski definition) is 2. The summed E-state index contributed by atoms with van der Waals surface area (Å²) < 4.78 is 0. The van der Waals surface area contributed by atoms with Gasteiger partial charge in [0.1, 0.15) is 0 Å². The van der Waals surface area contributed by atoms with Crippen molar-refractivity contribution >= 4 is 5.91 Å². The normalized spacial score (nSPS) is 8.94. The summed E-state index contributed by atoms with van der Waals surface area (Å²) in [5.74, 6) is 0.0369. The van der Waals surface area contributed by atoms with Crippen molar-refractivity contribution in [2.45, 2.75) is 33.6 Å². The molecule has 0 bridgehead atoms. The first kappa shape index (κ1) is 14.4. The monoisotopic (exact) mass is 224 g/mol. The van der Waals surface area contributed by atoms with Crippen LogP contribution in [-0.2, 0) is 11.2 Å². The van der Waals surface area contributed by atoms with Gasteiger partial charge in [-0.2, -0.15) is 0 Å². The minimum Gasteiger partial charge on any atom is -0.356 e. The maximum absolute atomic E-state index is 10.9. The standard InChI is InChI=1S/C10H14N2O2.C2H6/c1-2-9(13)11-5-3-8-4-6-12-10(14)7-8;1-2/h4,6-7H,2-3,5H2,1H3,(H,11,13)(H,12,14);1-2H3. The average Bonchev–Trinajstić information content (AvgIpc) is 2.31. The number of carbonyl (C=O) groups is 1. The number of hydrogen-bond acceptors (Lipinski definition) is 2. The largest absolute Gasteiger partial charge is 0.356 e. The molecule has 4 nitrogen and oxygen atoms in total. The number of H-pyrrole nitrogens is 1. The summed E-state index contributed by atoms with van der Waals surface area (Å²) in [6, 6.07) is 3.37. The summed E-state index contributed by atoms with van der Waals surface area (Å²) in [4.78, 5) is 24.3. The Balaban J connectivity index is 0.00000106. The second-order valence-corrected chi connectivity index (χ2v) is 3.01. The number of aromatic amines is 1. The van der Waals surface area contributed by atoms with Gasteiger partial charge in [0.25, 0.3) is 0 Å². The highest BCUT2D eigenvalue weighted by Gasteiger charge is 1.97. The minimum absolute atomic E-state index is 0.0369. The van der Waals surface area contributed by atoms with Crippen molar-refractivity contribution in [1.29, 1.82) is 0 Å². The molecule has 0 fully saturated rings. The van der Waals surface area contributed by atoms with E-state index in [-0.39, 0.29) is 11.5 Å². The van der Waals surface area contributed by atoms with Gasteiger partial charge in [-0.3, -0.25) is 9.59 Å². The number of pyridine rings is 1. The Labute approximate surface area is 96.1 Å². The van der Waals surface area contributed by atoms with E-state index in [1.54, 1.807) is 6.20 Å². The lowest BCUT2D eigenvalue weighted by atomic mass is 10.2. The number of carbonyl (C=O) groups excluding carboxylic acids is 1.